The summed E-state index contributed by atoms with van der Waals surface area (Å²) in [6.45, 7) is 11.9. The molecule has 1 aliphatic rings. The second kappa shape index (κ2) is 6.55. The van der Waals surface area contributed by atoms with E-state index in [-0.39, 0.29) is 11.9 Å². The average molecular weight is 292 g/mol. The van der Waals surface area contributed by atoms with Crippen LogP contribution in [-0.4, -0.2) is 29.9 Å². The molecule has 1 saturated heterocycles. The summed E-state index contributed by atoms with van der Waals surface area (Å²) in [4.78, 5) is 16.0. The van der Waals surface area contributed by atoms with Gasteiger partial charge < -0.3 is 5.32 Å². The Morgan fingerprint density at radius 1 is 1.50 bits per heavy atom. The lowest BCUT2D eigenvalue weighted by atomic mass is 10.0. The molecule has 1 aromatic rings. The quantitative estimate of drug-likeness (QED) is 0.858. The van der Waals surface area contributed by atoms with Crippen molar-refractivity contribution in [2.75, 3.05) is 18.4 Å². The molecule has 0 unspecified atom stereocenters. The van der Waals surface area contributed by atoms with Gasteiger partial charge in [0.25, 0.3) is 0 Å². The number of nitrogens with one attached hydrogen (secondary N) is 1. The summed E-state index contributed by atoms with van der Waals surface area (Å²) >= 11 is 1.69. The fraction of sp³-hybridized carbons (Fsp3) is 0.562. The molecule has 1 aliphatic heterocycles. The zero-order chi connectivity index (χ0) is 14.7. The van der Waals surface area contributed by atoms with Crippen LogP contribution in [0.25, 0.3) is 0 Å². The van der Waals surface area contributed by atoms with E-state index in [2.05, 4.69) is 29.1 Å². The summed E-state index contributed by atoms with van der Waals surface area (Å²) in [6.07, 6.45) is 3.25. The molecule has 1 aromatic heterocycles. The summed E-state index contributed by atoms with van der Waals surface area (Å²) in [6, 6.07) is -0.0147. The number of amides is 1. The highest BCUT2D eigenvalue weighted by molar-refractivity contribution is 7.10. The van der Waals surface area contributed by atoms with Crippen LogP contribution in [0.3, 0.4) is 0 Å². The Bertz CT molecular complexity index is 487. The number of aryl methyl sites for hydroxylation is 2. The van der Waals surface area contributed by atoms with E-state index >= 15 is 0 Å². The molecule has 1 fully saturated rings. The zero-order valence-electron chi connectivity index (χ0n) is 12.7. The maximum absolute atomic E-state index is 12.6. The van der Waals surface area contributed by atoms with Crippen molar-refractivity contribution in [3.8, 4) is 0 Å². The maximum atomic E-state index is 12.6. The van der Waals surface area contributed by atoms with Gasteiger partial charge in [0.1, 0.15) is 0 Å². The molecule has 110 valence electrons. The number of thiophene rings is 1. The van der Waals surface area contributed by atoms with Crippen molar-refractivity contribution in [3.63, 3.8) is 0 Å². The summed E-state index contributed by atoms with van der Waals surface area (Å²) in [7, 11) is 0. The van der Waals surface area contributed by atoms with Crippen LogP contribution in [0, 0.1) is 13.8 Å². The Morgan fingerprint density at radius 3 is 2.85 bits per heavy atom. The van der Waals surface area contributed by atoms with Gasteiger partial charge in [-0.05, 0) is 51.1 Å². The van der Waals surface area contributed by atoms with E-state index in [9.17, 15) is 4.79 Å². The van der Waals surface area contributed by atoms with Crippen LogP contribution in [0.5, 0.6) is 0 Å². The van der Waals surface area contributed by atoms with Crippen molar-refractivity contribution in [2.24, 2.45) is 0 Å². The molecule has 20 heavy (non-hydrogen) atoms. The Hall–Kier alpha value is -1.13. The third-order valence-electron chi connectivity index (χ3n) is 3.80. The number of anilines is 1. The van der Waals surface area contributed by atoms with Gasteiger partial charge in [0, 0.05) is 11.4 Å². The number of likely N-dealkylation sites (tertiary alicyclic amines) is 1. The largest absolute Gasteiger partial charge is 0.323 e. The molecule has 3 nitrogen and oxygen atoms in total. The molecule has 1 amide bonds. The Labute approximate surface area is 125 Å². The first kappa shape index (κ1) is 15.3. The molecule has 2 heterocycles. The van der Waals surface area contributed by atoms with Gasteiger partial charge in [-0.3, -0.25) is 9.69 Å². The minimum Gasteiger partial charge on any atom is -0.323 e. The number of carbonyl (C=O) groups is 1. The van der Waals surface area contributed by atoms with Gasteiger partial charge in [-0.2, -0.15) is 0 Å². The minimum absolute atomic E-state index is 0.0147. The van der Waals surface area contributed by atoms with Gasteiger partial charge in [0.2, 0.25) is 5.91 Å². The molecule has 0 radical (unpaired) electrons. The first-order chi connectivity index (χ1) is 9.49. The summed E-state index contributed by atoms with van der Waals surface area (Å²) < 4.78 is 0. The lowest BCUT2D eigenvalue weighted by molar-refractivity contribution is -0.122. The van der Waals surface area contributed by atoms with E-state index in [0.717, 1.165) is 42.8 Å². The second-order valence-electron chi connectivity index (χ2n) is 5.78. The molecule has 2 rings (SSSR count). The monoisotopic (exact) mass is 292 g/mol. The summed E-state index contributed by atoms with van der Waals surface area (Å²) in [5, 5.41) is 5.23. The average Bonchev–Trinajstić information content (AvgIpc) is 2.70. The van der Waals surface area contributed by atoms with Crippen molar-refractivity contribution in [1.82, 2.24) is 4.90 Å². The predicted molar refractivity (Wildman–Crippen MR) is 86.4 cm³/mol. The lowest BCUT2D eigenvalue weighted by Crippen LogP contribution is -2.47. The van der Waals surface area contributed by atoms with Crippen molar-refractivity contribution >= 4 is 22.9 Å². The fourth-order valence-electron chi connectivity index (χ4n) is 2.79. The molecule has 1 atom stereocenters. The third-order valence-corrected chi connectivity index (χ3v) is 4.83. The molecule has 0 saturated carbocycles. The Morgan fingerprint density at radius 2 is 2.25 bits per heavy atom. The number of carbonyl (C=O) groups excluding carboxylic acids is 1. The van der Waals surface area contributed by atoms with E-state index in [4.69, 9.17) is 0 Å². The molecule has 4 heteroatoms. The molecule has 0 aromatic carbocycles. The van der Waals surface area contributed by atoms with Gasteiger partial charge in [0.15, 0.2) is 0 Å². The van der Waals surface area contributed by atoms with Crippen LogP contribution in [-0.2, 0) is 4.79 Å². The van der Waals surface area contributed by atoms with Gasteiger partial charge in [-0.25, -0.2) is 0 Å². The highest BCUT2D eigenvalue weighted by Crippen LogP contribution is 2.27. The first-order valence-corrected chi connectivity index (χ1v) is 8.11. The van der Waals surface area contributed by atoms with Crippen LogP contribution < -0.4 is 5.32 Å². The molecule has 0 aliphatic carbocycles. The third kappa shape index (κ3) is 3.49. The lowest BCUT2D eigenvalue weighted by Gasteiger charge is -2.34. The summed E-state index contributed by atoms with van der Waals surface area (Å²) in [5.74, 6) is 0.135. The zero-order valence-corrected chi connectivity index (χ0v) is 13.5. The van der Waals surface area contributed by atoms with Gasteiger partial charge in [-0.1, -0.05) is 18.6 Å². The van der Waals surface area contributed by atoms with Crippen molar-refractivity contribution in [3.05, 3.63) is 28.0 Å². The van der Waals surface area contributed by atoms with Crippen molar-refractivity contribution in [2.45, 2.75) is 46.1 Å². The van der Waals surface area contributed by atoms with Crippen LogP contribution >= 0.6 is 11.3 Å². The number of piperidine rings is 1. The maximum Gasteiger partial charge on any atom is 0.241 e. The Kier molecular flexibility index (Phi) is 5.00. The van der Waals surface area contributed by atoms with E-state index in [0.29, 0.717) is 0 Å². The van der Waals surface area contributed by atoms with Crippen molar-refractivity contribution in [1.29, 1.82) is 0 Å². The highest BCUT2D eigenvalue weighted by atomic mass is 32.1. The molecule has 1 N–H and O–H groups in total. The van der Waals surface area contributed by atoms with Gasteiger partial charge >= 0.3 is 0 Å². The standard InChI is InChI=1S/C16H24N2OS/c1-11(2)9-18-8-6-5-7-14(18)16(19)17-15-12(3)10-20-13(15)4/h10,14H,1,5-9H2,2-4H3,(H,17,19)/t14-/m0/s1. The molecule has 0 spiro atoms. The first-order valence-electron chi connectivity index (χ1n) is 7.23. The van der Waals surface area contributed by atoms with Gasteiger partial charge in [-0.15, -0.1) is 11.3 Å². The topological polar surface area (TPSA) is 32.3 Å². The number of hydrogen-bond acceptors (Lipinski definition) is 3. The SMILES string of the molecule is C=C(C)CN1CCCC[C@H]1C(=O)Nc1c(C)csc1C. The molecule has 0 bridgehead atoms. The predicted octanol–water partition coefficient (Wildman–Crippen LogP) is 3.73. The number of hydrogen-bond donors (Lipinski definition) is 1. The van der Waals surface area contributed by atoms with E-state index in [1.54, 1.807) is 11.3 Å². The minimum atomic E-state index is -0.0147. The van der Waals surface area contributed by atoms with Crippen LogP contribution in [0.4, 0.5) is 5.69 Å². The smallest absolute Gasteiger partial charge is 0.241 e. The van der Waals surface area contributed by atoms with Crippen molar-refractivity contribution < 1.29 is 4.79 Å². The Balaban J connectivity index is 2.08. The van der Waals surface area contributed by atoms with Crippen LogP contribution in [0.15, 0.2) is 17.5 Å². The highest BCUT2D eigenvalue weighted by Gasteiger charge is 2.29. The number of rotatable bonds is 4. The van der Waals surface area contributed by atoms with Crippen LogP contribution in [0.2, 0.25) is 0 Å². The second-order valence-corrected chi connectivity index (χ2v) is 6.86. The number of nitrogens with zero attached hydrogens (tertiary/aromatic N) is 1. The molecular formula is C16H24N2OS. The molecular weight excluding hydrogens is 268 g/mol. The van der Waals surface area contributed by atoms with Gasteiger partial charge in [0.05, 0.1) is 11.7 Å². The van der Waals surface area contributed by atoms with E-state index < -0.39 is 0 Å². The van der Waals surface area contributed by atoms with E-state index in [1.807, 2.05) is 13.8 Å². The fourth-order valence-corrected chi connectivity index (χ4v) is 3.59. The normalized spacial score (nSPS) is 19.9. The summed E-state index contributed by atoms with van der Waals surface area (Å²) in [5.41, 5.74) is 3.27. The van der Waals surface area contributed by atoms with Crippen LogP contribution in [0.1, 0.15) is 36.6 Å². The van der Waals surface area contributed by atoms with E-state index in [1.165, 1.54) is 11.3 Å².